The lowest BCUT2D eigenvalue weighted by Crippen LogP contribution is -2.23. The van der Waals surface area contributed by atoms with Crippen LogP contribution < -0.4 is 10.1 Å². The van der Waals surface area contributed by atoms with E-state index < -0.39 is 0 Å². The average molecular weight is 252 g/mol. The van der Waals surface area contributed by atoms with Gasteiger partial charge in [-0.1, -0.05) is 11.6 Å². The van der Waals surface area contributed by atoms with Gasteiger partial charge in [-0.25, -0.2) is 0 Å². The second-order valence-corrected chi connectivity index (χ2v) is 5.74. The first kappa shape index (κ1) is 11.4. The highest BCUT2D eigenvalue weighted by atomic mass is 35.5. The van der Waals surface area contributed by atoms with Gasteiger partial charge in [0.1, 0.15) is 11.4 Å². The fraction of sp³-hybridized carbons (Fsp3) is 0.571. The summed E-state index contributed by atoms with van der Waals surface area (Å²) in [6.07, 6.45) is 4.90. The van der Waals surface area contributed by atoms with Gasteiger partial charge in [-0.2, -0.15) is 0 Å². The van der Waals surface area contributed by atoms with Crippen LogP contribution in [0, 0.1) is 5.92 Å². The smallest absolute Gasteiger partial charge is 0.120 e. The minimum Gasteiger partial charge on any atom is -0.487 e. The van der Waals surface area contributed by atoms with Crippen molar-refractivity contribution < 1.29 is 4.74 Å². The van der Waals surface area contributed by atoms with Gasteiger partial charge in [0.25, 0.3) is 0 Å². The molecular weight excluding hydrogens is 234 g/mol. The van der Waals surface area contributed by atoms with Crippen molar-refractivity contribution in [3.8, 4) is 5.75 Å². The first-order valence-electron chi connectivity index (χ1n) is 6.41. The highest BCUT2D eigenvalue weighted by Gasteiger charge is 2.47. The molecule has 0 aromatic heterocycles. The van der Waals surface area contributed by atoms with Gasteiger partial charge in [0.2, 0.25) is 0 Å². The number of ether oxygens (including phenoxy) is 1. The van der Waals surface area contributed by atoms with E-state index in [-0.39, 0.29) is 5.60 Å². The molecule has 3 heteroatoms. The molecule has 0 amide bonds. The van der Waals surface area contributed by atoms with Gasteiger partial charge in [0, 0.05) is 5.02 Å². The molecule has 0 spiro atoms. The van der Waals surface area contributed by atoms with Crippen LogP contribution in [0.5, 0.6) is 5.75 Å². The number of rotatable bonds is 4. The van der Waals surface area contributed by atoms with Crippen LogP contribution in [0.15, 0.2) is 24.3 Å². The second-order valence-electron chi connectivity index (χ2n) is 5.30. The molecule has 1 aromatic rings. The highest BCUT2D eigenvalue weighted by molar-refractivity contribution is 6.30. The molecule has 1 atom stereocenters. The first-order valence-corrected chi connectivity index (χ1v) is 6.79. The normalized spacial score (nSPS) is 25.8. The summed E-state index contributed by atoms with van der Waals surface area (Å²) in [5.41, 5.74) is 0.129. The molecule has 1 N–H and O–H groups in total. The SMILES string of the molecule is Clc1ccc(OC2(CC3CCNC3)CC2)cc1. The summed E-state index contributed by atoms with van der Waals surface area (Å²) in [5.74, 6) is 1.75. The molecule has 1 aromatic carbocycles. The summed E-state index contributed by atoms with van der Waals surface area (Å²) in [5, 5.41) is 4.19. The molecule has 92 valence electrons. The van der Waals surface area contributed by atoms with Crippen molar-refractivity contribution in [1.82, 2.24) is 5.32 Å². The van der Waals surface area contributed by atoms with Crippen LogP contribution in [-0.2, 0) is 0 Å². The number of hydrogen-bond acceptors (Lipinski definition) is 2. The molecule has 2 fully saturated rings. The molecule has 1 aliphatic heterocycles. The third-order valence-corrected chi connectivity index (χ3v) is 4.03. The molecular formula is C14H18ClNO. The van der Waals surface area contributed by atoms with Gasteiger partial charge < -0.3 is 10.1 Å². The van der Waals surface area contributed by atoms with E-state index in [1.807, 2.05) is 24.3 Å². The van der Waals surface area contributed by atoms with Crippen LogP contribution in [0.1, 0.15) is 25.7 Å². The van der Waals surface area contributed by atoms with Crippen molar-refractivity contribution in [2.45, 2.75) is 31.3 Å². The zero-order valence-electron chi connectivity index (χ0n) is 9.92. The van der Waals surface area contributed by atoms with E-state index in [4.69, 9.17) is 16.3 Å². The highest BCUT2D eigenvalue weighted by Crippen LogP contribution is 2.46. The van der Waals surface area contributed by atoms with Gasteiger partial charge in [0.05, 0.1) is 0 Å². The van der Waals surface area contributed by atoms with Crippen molar-refractivity contribution in [3.05, 3.63) is 29.3 Å². The number of halogens is 1. The maximum atomic E-state index is 6.14. The standard InChI is InChI=1S/C14H18ClNO/c15-12-1-3-13(4-2-12)17-14(6-7-14)9-11-5-8-16-10-11/h1-4,11,16H,5-10H2. The van der Waals surface area contributed by atoms with Crippen LogP contribution in [0.2, 0.25) is 5.02 Å². The maximum Gasteiger partial charge on any atom is 0.120 e. The predicted octanol–water partition coefficient (Wildman–Crippen LogP) is 3.25. The Morgan fingerprint density at radius 3 is 2.65 bits per heavy atom. The van der Waals surface area contributed by atoms with Crippen LogP contribution in [0.3, 0.4) is 0 Å². The van der Waals surface area contributed by atoms with E-state index in [1.54, 1.807) is 0 Å². The Labute approximate surface area is 107 Å². The van der Waals surface area contributed by atoms with Gasteiger partial charge in [-0.05, 0) is 69.0 Å². The van der Waals surface area contributed by atoms with Crippen molar-refractivity contribution >= 4 is 11.6 Å². The monoisotopic (exact) mass is 251 g/mol. The molecule has 1 heterocycles. The van der Waals surface area contributed by atoms with Crippen molar-refractivity contribution in [2.75, 3.05) is 13.1 Å². The van der Waals surface area contributed by atoms with Crippen molar-refractivity contribution in [2.24, 2.45) is 5.92 Å². The summed E-state index contributed by atoms with van der Waals surface area (Å²) in [6.45, 7) is 2.33. The van der Waals surface area contributed by atoms with Crippen LogP contribution in [0.4, 0.5) is 0 Å². The fourth-order valence-electron chi connectivity index (χ4n) is 2.65. The minimum atomic E-state index is 0.129. The predicted molar refractivity (Wildman–Crippen MR) is 69.6 cm³/mol. The average Bonchev–Trinajstić information content (AvgIpc) is 2.87. The maximum absolute atomic E-state index is 6.14. The van der Waals surface area contributed by atoms with Crippen molar-refractivity contribution in [1.29, 1.82) is 0 Å². The molecule has 0 bridgehead atoms. The van der Waals surface area contributed by atoms with Gasteiger partial charge in [-0.3, -0.25) is 0 Å². The Bertz CT molecular complexity index is 380. The van der Waals surface area contributed by atoms with E-state index in [2.05, 4.69) is 5.32 Å². The van der Waals surface area contributed by atoms with E-state index >= 15 is 0 Å². The quantitative estimate of drug-likeness (QED) is 0.887. The van der Waals surface area contributed by atoms with Crippen LogP contribution in [-0.4, -0.2) is 18.7 Å². The molecule has 3 rings (SSSR count). The molecule has 2 nitrogen and oxygen atoms in total. The number of hydrogen-bond donors (Lipinski definition) is 1. The summed E-state index contributed by atoms with van der Waals surface area (Å²) < 4.78 is 6.14. The summed E-state index contributed by atoms with van der Waals surface area (Å²) in [7, 11) is 0. The Morgan fingerprint density at radius 1 is 1.29 bits per heavy atom. The van der Waals surface area contributed by atoms with E-state index in [0.29, 0.717) is 0 Å². The Kier molecular flexibility index (Phi) is 3.01. The third-order valence-electron chi connectivity index (χ3n) is 3.78. The Hall–Kier alpha value is -0.730. The van der Waals surface area contributed by atoms with E-state index in [1.165, 1.54) is 32.2 Å². The Balaban J connectivity index is 1.61. The van der Waals surface area contributed by atoms with Gasteiger partial charge in [0.15, 0.2) is 0 Å². The summed E-state index contributed by atoms with van der Waals surface area (Å²) in [6, 6.07) is 7.72. The number of benzene rings is 1. The topological polar surface area (TPSA) is 21.3 Å². The van der Waals surface area contributed by atoms with Crippen LogP contribution >= 0.6 is 11.6 Å². The van der Waals surface area contributed by atoms with E-state index in [0.717, 1.165) is 23.2 Å². The lowest BCUT2D eigenvalue weighted by Gasteiger charge is -2.21. The number of nitrogens with one attached hydrogen (secondary N) is 1. The summed E-state index contributed by atoms with van der Waals surface area (Å²) >= 11 is 5.87. The molecule has 17 heavy (non-hydrogen) atoms. The van der Waals surface area contributed by atoms with Crippen LogP contribution in [0.25, 0.3) is 0 Å². The lowest BCUT2D eigenvalue weighted by atomic mass is 9.99. The lowest BCUT2D eigenvalue weighted by molar-refractivity contribution is 0.148. The molecule has 1 saturated carbocycles. The summed E-state index contributed by atoms with van der Waals surface area (Å²) in [4.78, 5) is 0. The molecule has 1 saturated heterocycles. The molecule has 2 aliphatic rings. The second kappa shape index (κ2) is 4.51. The van der Waals surface area contributed by atoms with Gasteiger partial charge in [-0.15, -0.1) is 0 Å². The minimum absolute atomic E-state index is 0.129. The molecule has 1 unspecified atom stereocenters. The zero-order valence-corrected chi connectivity index (χ0v) is 10.7. The van der Waals surface area contributed by atoms with Gasteiger partial charge >= 0.3 is 0 Å². The molecule has 0 radical (unpaired) electrons. The van der Waals surface area contributed by atoms with E-state index in [9.17, 15) is 0 Å². The van der Waals surface area contributed by atoms with Crippen molar-refractivity contribution in [3.63, 3.8) is 0 Å². The zero-order chi connectivity index (χ0) is 11.7. The molecule has 1 aliphatic carbocycles. The largest absolute Gasteiger partial charge is 0.487 e. The fourth-order valence-corrected chi connectivity index (χ4v) is 2.78. The first-order chi connectivity index (χ1) is 8.26. The third kappa shape index (κ3) is 2.75. The Morgan fingerprint density at radius 2 is 2.06 bits per heavy atom.